The zero-order chi connectivity index (χ0) is 10.6. The molecule has 2 nitrogen and oxygen atoms in total. The third-order valence-electron chi connectivity index (χ3n) is 1.97. The minimum absolute atomic E-state index is 0.189. The third-order valence-corrected chi connectivity index (χ3v) is 2.75. The van der Waals surface area contributed by atoms with Gasteiger partial charge in [0.25, 0.3) is 0 Å². The Morgan fingerprint density at radius 3 is 2.79 bits per heavy atom. The fraction of sp³-hybridized carbons (Fsp3) is 0.800. The van der Waals surface area contributed by atoms with E-state index < -0.39 is 0 Å². The molecule has 4 heteroatoms. The minimum atomic E-state index is 0.189. The van der Waals surface area contributed by atoms with Gasteiger partial charge in [0.15, 0.2) is 0 Å². The highest BCUT2D eigenvalue weighted by molar-refractivity contribution is 8.03. The van der Waals surface area contributed by atoms with Crippen LogP contribution < -0.4 is 0 Å². The number of thiocyanates is 1. The number of isothiocyanates is 1. The summed E-state index contributed by atoms with van der Waals surface area (Å²) < 4.78 is 0. The highest BCUT2D eigenvalue weighted by Crippen LogP contribution is 2.12. The molecule has 0 N–H and O–H groups in total. The van der Waals surface area contributed by atoms with E-state index in [0.29, 0.717) is 0 Å². The first kappa shape index (κ1) is 13.6. The SMILES string of the molecule is CCCCCCC(CSC#N)N=C=S. The highest BCUT2D eigenvalue weighted by Gasteiger charge is 2.05. The first-order chi connectivity index (χ1) is 6.85. The van der Waals surface area contributed by atoms with E-state index in [0.717, 1.165) is 12.2 Å². The lowest BCUT2D eigenvalue weighted by Crippen LogP contribution is -2.06. The molecular formula is C10H16N2S2. The fourth-order valence-corrected chi connectivity index (χ4v) is 1.86. The topological polar surface area (TPSA) is 36.1 Å². The van der Waals surface area contributed by atoms with E-state index >= 15 is 0 Å². The fourth-order valence-electron chi connectivity index (χ4n) is 1.20. The van der Waals surface area contributed by atoms with Gasteiger partial charge in [-0.15, -0.1) is 0 Å². The van der Waals surface area contributed by atoms with Crippen LogP contribution in [0.2, 0.25) is 0 Å². The van der Waals surface area contributed by atoms with Gasteiger partial charge in [-0.05, 0) is 30.4 Å². The summed E-state index contributed by atoms with van der Waals surface area (Å²) >= 11 is 5.82. The predicted octanol–water partition coefficient (Wildman–Crippen LogP) is 3.64. The molecule has 0 saturated carbocycles. The van der Waals surface area contributed by atoms with Crippen LogP contribution in [0, 0.1) is 10.7 Å². The molecule has 14 heavy (non-hydrogen) atoms. The summed E-state index contributed by atoms with van der Waals surface area (Å²) in [5.41, 5.74) is 0. The molecule has 0 aliphatic heterocycles. The van der Waals surface area contributed by atoms with E-state index in [-0.39, 0.29) is 6.04 Å². The number of unbranched alkanes of at least 4 members (excludes halogenated alkanes) is 3. The van der Waals surface area contributed by atoms with Gasteiger partial charge in [-0.1, -0.05) is 32.6 Å². The second-order valence-electron chi connectivity index (χ2n) is 3.13. The maximum Gasteiger partial charge on any atom is 0.133 e. The first-order valence-electron chi connectivity index (χ1n) is 4.93. The van der Waals surface area contributed by atoms with Crippen molar-refractivity contribution in [2.24, 2.45) is 4.99 Å². The van der Waals surface area contributed by atoms with E-state index in [1.165, 1.54) is 37.4 Å². The van der Waals surface area contributed by atoms with Crippen molar-refractivity contribution in [3.63, 3.8) is 0 Å². The van der Waals surface area contributed by atoms with Gasteiger partial charge in [-0.25, -0.2) is 4.99 Å². The van der Waals surface area contributed by atoms with E-state index in [2.05, 4.69) is 34.7 Å². The van der Waals surface area contributed by atoms with Crippen molar-refractivity contribution in [3.05, 3.63) is 0 Å². The van der Waals surface area contributed by atoms with Crippen LogP contribution in [0.15, 0.2) is 4.99 Å². The van der Waals surface area contributed by atoms with Crippen LogP contribution in [0.1, 0.15) is 39.0 Å². The van der Waals surface area contributed by atoms with Gasteiger partial charge in [0, 0.05) is 5.75 Å². The molecule has 1 atom stereocenters. The molecule has 0 aromatic heterocycles. The molecule has 0 aromatic rings. The maximum atomic E-state index is 8.42. The quantitative estimate of drug-likeness (QED) is 0.275. The Balaban J connectivity index is 3.63. The molecule has 0 aliphatic carbocycles. The zero-order valence-electron chi connectivity index (χ0n) is 8.53. The summed E-state index contributed by atoms with van der Waals surface area (Å²) in [7, 11) is 0. The van der Waals surface area contributed by atoms with Crippen molar-refractivity contribution in [1.29, 1.82) is 5.26 Å². The van der Waals surface area contributed by atoms with Crippen LogP contribution in [0.4, 0.5) is 0 Å². The molecule has 0 aromatic carbocycles. The monoisotopic (exact) mass is 228 g/mol. The number of thiocarbonyl (C=S) groups is 1. The van der Waals surface area contributed by atoms with Gasteiger partial charge in [0.05, 0.1) is 11.2 Å². The van der Waals surface area contributed by atoms with Crippen molar-refractivity contribution < 1.29 is 0 Å². The van der Waals surface area contributed by atoms with Gasteiger partial charge in [0.1, 0.15) is 5.40 Å². The number of hydrogen-bond donors (Lipinski definition) is 0. The minimum Gasteiger partial charge on any atom is -0.228 e. The Hall–Kier alpha value is -0.360. The molecule has 0 saturated heterocycles. The Morgan fingerprint density at radius 2 is 2.21 bits per heavy atom. The number of nitriles is 1. The van der Waals surface area contributed by atoms with Gasteiger partial charge < -0.3 is 0 Å². The van der Waals surface area contributed by atoms with Gasteiger partial charge in [0.2, 0.25) is 0 Å². The van der Waals surface area contributed by atoms with Crippen LogP contribution in [0.25, 0.3) is 0 Å². The second kappa shape index (κ2) is 10.7. The number of thioether (sulfide) groups is 1. The maximum absolute atomic E-state index is 8.42. The van der Waals surface area contributed by atoms with Gasteiger partial charge >= 0.3 is 0 Å². The summed E-state index contributed by atoms with van der Waals surface area (Å²) in [6, 6.07) is 0.189. The van der Waals surface area contributed by atoms with Crippen LogP contribution in [-0.4, -0.2) is 17.0 Å². The van der Waals surface area contributed by atoms with Crippen molar-refractivity contribution in [3.8, 4) is 5.40 Å². The number of nitrogens with zero attached hydrogens (tertiary/aromatic N) is 2. The summed E-state index contributed by atoms with van der Waals surface area (Å²) in [5.74, 6) is 0.742. The molecule has 0 spiro atoms. The smallest absolute Gasteiger partial charge is 0.133 e. The number of rotatable bonds is 8. The second-order valence-corrected chi connectivity index (χ2v) is 4.11. The first-order valence-corrected chi connectivity index (χ1v) is 6.32. The molecule has 0 heterocycles. The van der Waals surface area contributed by atoms with Crippen molar-refractivity contribution in [2.75, 3.05) is 5.75 Å². The zero-order valence-corrected chi connectivity index (χ0v) is 10.2. The predicted molar refractivity (Wildman–Crippen MR) is 65.6 cm³/mol. The molecule has 0 radical (unpaired) electrons. The molecule has 78 valence electrons. The summed E-state index contributed by atoms with van der Waals surface area (Å²) in [6.07, 6.45) is 5.97. The Morgan fingerprint density at radius 1 is 1.43 bits per heavy atom. The Labute approximate surface area is 95.8 Å². The normalized spacial score (nSPS) is 11.4. The van der Waals surface area contributed by atoms with Gasteiger partial charge in [-0.2, -0.15) is 5.26 Å². The Bertz CT molecular complexity index is 217. The van der Waals surface area contributed by atoms with Crippen LogP contribution in [-0.2, 0) is 0 Å². The molecule has 0 aliphatic rings. The van der Waals surface area contributed by atoms with E-state index in [1.807, 2.05) is 0 Å². The van der Waals surface area contributed by atoms with E-state index in [9.17, 15) is 0 Å². The average Bonchev–Trinajstić information content (AvgIpc) is 2.20. The average molecular weight is 228 g/mol. The third kappa shape index (κ3) is 8.25. The van der Waals surface area contributed by atoms with Crippen LogP contribution in [0.5, 0.6) is 0 Å². The molecule has 0 bridgehead atoms. The van der Waals surface area contributed by atoms with Crippen molar-refractivity contribution in [1.82, 2.24) is 0 Å². The van der Waals surface area contributed by atoms with Crippen LogP contribution >= 0.6 is 24.0 Å². The largest absolute Gasteiger partial charge is 0.228 e. The summed E-state index contributed by atoms with van der Waals surface area (Å²) in [4.78, 5) is 4.05. The molecular weight excluding hydrogens is 212 g/mol. The lowest BCUT2D eigenvalue weighted by molar-refractivity contribution is 0.583. The van der Waals surface area contributed by atoms with Gasteiger partial charge in [-0.3, -0.25) is 0 Å². The standard InChI is InChI=1S/C10H16N2S2/c1-2-3-4-5-6-10(12-9-13)7-14-8-11/h10H,2-7H2,1H3. The molecule has 1 unspecified atom stereocenters. The lowest BCUT2D eigenvalue weighted by atomic mass is 10.1. The highest BCUT2D eigenvalue weighted by atomic mass is 32.2. The lowest BCUT2D eigenvalue weighted by Gasteiger charge is -2.07. The molecule has 0 fully saturated rings. The van der Waals surface area contributed by atoms with Crippen molar-refractivity contribution in [2.45, 2.75) is 45.1 Å². The van der Waals surface area contributed by atoms with E-state index in [4.69, 9.17) is 5.26 Å². The number of aliphatic imine (C=N–C) groups is 1. The summed E-state index contributed by atoms with van der Waals surface area (Å²) in [5, 5.41) is 12.9. The van der Waals surface area contributed by atoms with Crippen LogP contribution in [0.3, 0.4) is 0 Å². The van der Waals surface area contributed by atoms with Crippen molar-refractivity contribution >= 4 is 29.1 Å². The number of hydrogen-bond acceptors (Lipinski definition) is 4. The van der Waals surface area contributed by atoms with E-state index in [1.54, 1.807) is 0 Å². The molecule has 0 rings (SSSR count). The Kier molecular flexibility index (Phi) is 10.4. The summed E-state index contributed by atoms with van der Waals surface area (Å²) in [6.45, 7) is 2.19. The molecule has 0 amide bonds.